The maximum atomic E-state index is 11.8. The van der Waals surface area contributed by atoms with Gasteiger partial charge in [0.15, 0.2) is 0 Å². The fraction of sp³-hybridized carbons (Fsp3) is 0.833. The average Bonchev–Trinajstić information content (AvgIpc) is 2.15. The third-order valence-electron chi connectivity index (χ3n) is 3.22. The standard InChI is InChI=1S/C12H22N2O2/c1-8-5-9(2)7-10(6-8)12(16)14-4-3-11(13)15/h8-10H,3-7H2,1-2H3,(H2,13,15)(H,14,16). The quantitative estimate of drug-likeness (QED) is 0.752. The Labute approximate surface area is 97.0 Å². The van der Waals surface area contributed by atoms with Gasteiger partial charge in [-0.05, 0) is 31.1 Å². The minimum absolute atomic E-state index is 0.0830. The van der Waals surface area contributed by atoms with E-state index in [1.165, 1.54) is 6.42 Å². The molecule has 0 aromatic carbocycles. The Hall–Kier alpha value is -1.06. The molecule has 3 N–H and O–H groups in total. The Morgan fingerprint density at radius 2 is 1.75 bits per heavy atom. The molecule has 2 atom stereocenters. The van der Waals surface area contributed by atoms with Gasteiger partial charge < -0.3 is 11.1 Å². The van der Waals surface area contributed by atoms with Crippen molar-refractivity contribution in [1.82, 2.24) is 5.32 Å². The van der Waals surface area contributed by atoms with Crippen LogP contribution in [0, 0.1) is 17.8 Å². The number of carbonyl (C=O) groups excluding carboxylic acids is 2. The zero-order valence-electron chi connectivity index (χ0n) is 10.2. The molecule has 4 heteroatoms. The van der Waals surface area contributed by atoms with Gasteiger partial charge in [-0.15, -0.1) is 0 Å². The summed E-state index contributed by atoms with van der Waals surface area (Å²) in [4.78, 5) is 22.3. The molecule has 2 unspecified atom stereocenters. The smallest absolute Gasteiger partial charge is 0.223 e. The van der Waals surface area contributed by atoms with Gasteiger partial charge >= 0.3 is 0 Å². The topological polar surface area (TPSA) is 72.2 Å². The predicted molar refractivity (Wildman–Crippen MR) is 62.5 cm³/mol. The third kappa shape index (κ3) is 4.21. The van der Waals surface area contributed by atoms with E-state index >= 15 is 0 Å². The molecule has 0 heterocycles. The molecule has 1 aliphatic carbocycles. The number of nitrogens with two attached hydrogens (primary N) is 1. The lowest BCUT2D eigenvalue weighted by Gasteiger charge is -2.30. The number of nitrogens with one attached hydrogen (secondary N) is 1. The Kier molecular flexibility index (Phi) is 4.77. The molecule has 16 heavy (non-hydrogen) atoms. The lowest BCUT2D eigenvalue weighted by molar-refractivity contribution is -0.127. The number of primary amides is 1. The van der Waals surface area contributed by atoms with Gasteiger partial charge in [0.25, 0.3) is 0 Å². The van der Waals surface area contributed by atoms with E-state index < -0.39 is 0 Å². The van der Waals surface area contributed by atoms with Gasteiger partial charge in [0.1, 0.15) is 0 Å². The van der Waals surface area contributed by atoms with Crippen LogP contribution in [0.25, 0.3) is 0 Å². The first kappa shape index (κ1) is 13.0. The second kappa shape index (κ2) is 5.87. The molecule has 0 spiro atoms. The minimum Gasteiger partial charge on any atom is -0.370 e. The summed E-state index contributed by atoms with van der Waals surface area (Å²) in [6, 6.07) is 0. The van der Waals surface area contributed by atoms with E-state index in [0.29, 0.717) is 18.4 Å². The SMILES string of the molecule is CC1CC(C)CC(C(=O)NCCC(N)=O)C1. The van der Waals surface area contributed by atoms with Crippen LogP contribution in [0.2, 0.25) is 0 Å². The van der Waals surface area contributed by atoms with Gasteiger partial charge in [-0.2, -0.15) is 0 Å². The van der Waals surface area contributed by atoms with E-state index in [9.17, 15) is 9.59 Å². The van der Waals surface area contributed by atoms with Crippen molar-refractivity contribution in [3.05, 3.63) is 0 Å². The fourth-order valence-corrected chi connectivity index (χ4v) is 2.61. The van der Waals surface area contributed by atoms with E-state index in [-0.39, 0.29) is 24.2 Å². The number of hydrogen-bond acceptors (Lipinski definition) is 2. The molecule has 92 valence electrons. The molecule has 1 saturated carbocycles. The Morgan fingerprint density at radius 3 is 2.25 bits per heavy atom. The molecule has 0 aliphatic heterocycles. The molecule has 1 fully saturated rings. The summed E-state index contributed by atoms with van der Waals surface area (Å²) >= 11 is 0. The van der Waals surface area contributed by atoms with Gasteiger partial charge in [-0.3, -0.25) is 9.59 Å². The summed E-state index contributed by atoms with van der Waals surface area (Å²) < 4.78 is 0. The third-order valence-corrected chi connectivity index (χ3v) is 3.22. The molecule has 1 rings (SSSR count). The van der Waals surface area contributed by atoms with E-state index in [2.05, 4.69) is 19.2 Å². The molecule has 1 aliphatic rings. The largest absolute Gasteiger partial charge is 0.370 e. The van der Waals surface area contributed by atoms with Gasteiger partial charge in [-0.1, -0.05) is 13.8 Å². The molecule has 2 amide bonds. The van der Waals surface area contributed by atoms with Crippen LogP contribution in [0.1, 0.15) is 39.5 Å². The summed E-state index contributed by atoms with van der Waals surface area (Å²) in [6.07, 6.45) is 3.37. The second-order valence-corrected chi connectivity index (χ2v) is 5.12. The average molecular weight is 226 g/mol. The highest BCUT2D eigenvalue weighted by Gasteiger charge is 2.28. The van der Waals surface area contributed by atoms with Crippen molar-refractivity contribution in [2.75, 3.05) is 6.54 Å². The highest BCUT2D eigenvalue weighted by atomic mass is 16.2. The first-order valence-corrected chi connectivity index (χ1v) is 6.05. The fourth-order valence-electron chi connectivity index (χ4n) is 2.61. The van der Waals surface area contributed by atoms with Crippen LogP contribution in [-0.2, 0) is 9.59 Å². The van der Waals surface area contributed by atoms with Crippen molar-refractivity contribution >= 4 is 11.8 Å². The first-order chi connectivity index (χ1) is 7.49. The summed E-state index contributed by atoms with van der Waals surface area (Å²) in [7, 11) is 0. The molecule has 0 saturated heterocycles. The second-order valence-electron chi connectivity index (χ2n) is 5.12. The van der Waals surface area contributed by atoms with E-state index in [4.69, 9.17) is 5.73 Å². The Morgan fingerprint density at radius 1 is 1.19 bits per heavy atom. The molecular weight excluding hydrogens is 204 g/mol. The van der Waals surface area contributed by atoms with Crippen LogP contribution in [-0.4, -0.2) is 18.4 Å². The van der Waals surface area contributed by atoms with Crippen LogP contribution >= 0.6 is 0 Å². The predicted octanol–water partition coefficient (Wildman–Crippen LogP) is 1.05. The van der Waals surface area contributed by atoms with Gasteiger partial charge in [0, 0.05) is 18.9 Å². The summed E-state index contributed by atoms with van der Waals surface area (Å²) in [5.41, 5.74) is 5.01. The molecular formula is C12H22N2O2. The van der Waals surface area contributed by atoms with Gasteiger partial charge in [0.2, 0.25) is 11.8 Å². The number of hydrogen-bond donors (Lipinski definition) is 2. The van der Waals surface area contributed by atoms with Crippen molar-refractivity contribution < 1.29 is 9.59 Å². The van der Waals surface area contributed by atoms with E-state index in [1.807, 2.05) is 0 Å². The summed E-state index contributed by atoms with van der Waals surface area (Å²) in [6.45, 7) is 4.76. The summed E-state index contributed by atoms with van der Waals surface area (Å²) in [5.74, 6) is 1.07. The van der Waals surface area contributed by atoms with Crippen molar-refractivity contribution in [2.45, 2.75) is 39.5 Å². The maximum Gasteiger partial charge on any atom is 0.223 e. The maximum absolute atomic E-state index is 11.8. The van der Waals surface area contributed by atoms with E-state index in [0.717, 1.165) is 12.8 Å². The van der Waals surface area contributed by atoms with Crippen molar-refractivity contribution in [3.63, 3.8) is 0 Å². The highest BCUT2D eigenvalue weighted by molar-refractivity contribution is 5.80. The van der Waals surface area contributed by atoms with Crippen molar-refractivity contribution in [3.8, 4) is 0 Å². The monoisotopic (exact) mass is 226 g/mol. The minimum atomic E-state index is -0.370. The van der Waals surface area contributed by atoms with Crippen LogP contribution in [0.5, 0.6) is 0 Å². The summed E-state index contributed by atoms with van der Waals surface area (Å²) in [5, 5.41) is 2.79. The number of rotatable bonds is 4. The van der Waals surface area contributed by atoms with Crippen molar-refractivity contribution in [1.29, 1.82) is 0 Å². The van der Waals surface area contributed by atoms with Gasteiger partial charge in [0.05, 0.1) is 0 Å². The first-order valence-electron chi connectivity index (χ1n) is 6.05. The molecule has 0 radical (unpaired) electrons. The zero-order valence-corrected chi connectivity index (χ0v) is 10.2. The van der Waals surface area contributed by atoms with Crippen LogP contribution in [0.15, 0.2) is 0 Å². The molecule has 0 bridgehead atoms. The van der Waals surface area contributed by atoms with Crippen molar-refractivity contribution in [2.24, 2.45) is 23.5 Å². The number of amides is 2. The Balaban J connectivity index is 2.32. The van der Waals surface area contributed by atoms with Crippen LogP contribution < -0.4 is 11.1 Å². The molecule has 4 nitrogen and oxygen atoms in total. The zero-order chi connectivity index (χ0) is 12.1. The van der Waals surface area contributed by atoms with Gasteiger partial charge in [-0.25, -0.2) is 0 Å². The van der Waals surface area contributed by atoms with Crippen LogP contribution in [0.4, 0.5) is 0 Å². The normalized spacial score (nSPS) is 29.8. The van der Waals surface area contributed by atoms with Crippen LogP contribution in [0.3, 0.4) is 0 Å². The highest BCUT2D eigenvalue weighted by Crippen LogP contribution is 2.32. The van der Waals surface area contributed by atoms with E-state index in [1.54, 1.807) is 0 Å². The Bertz CT molecular complexity index is 256. The molecule has 0 aromatic rings. The lowest BCUT2D eigenvalue weighted by atomic mass is 9.76. The number of carbonyl (C=O) groups is 2. The molecule has 0 aromatic heterocycles. The lowest BCUT2D eigenvalue weighted by Crippen LogP contribution is -2.36.